The van der Waals surface area contributed by atoms with Crippen molar-refractivity contribution in [1.82, 2.24) is 4.72 Å². The van der Waals surface area contributed by atoms with Gasteiger partial charge in [0.2, 0.25) is 10.0 Å². The van der Waals surface area contributed by atoms with Crippen LogP contribution in [0.1, 0.15) is 31.2 Å². The maximum atomic E-state index is 13.2. The lowest BCUT2D eigenvalue weighted by Crippen LogP contribution is -2.51. The first-order valence-corrected chi connectivity index (χ1v) is 7.84. The van der Waals surface area contributed by atoms with E-state index in [1.165, 1.54) is 0 Å². The van der Waals surface area contributed by atoms with E-state index in [1.807, 2.05) is 0 Å². The standard InChI is InChI=1S/C13H16FN3O2S/c14-12-4-3-11(7-10(12)8-15)20(18,19)17-13(9-16)5-1-2-6-13/h3-4,7,17H,1-2,5-6,9,16H2. The van der Waals surface area contributed by atoms with E-state index in [2.05, 4.69) is 4.72 Å². The molecular weight excluding hydrogens is 281 g/mol. The molecule has 0 spiro atoms. The third kappa shape index (κ3) is 2.82. The lowest BCUT2D eigenvalue weighted by Gasteiger charge is -2.28. The van der Waals surface area contributed by atoms with Gasteiger partial charge >= 0.3 is 0 Å². The Balaban J connectivity index is 2.33. The van der Waals surface area contributed by atoms with Crippen molar-refractivity contribution < 1.29 is 12.8 Å². The molecule has 2 rings (SSSR count). The van der Waals surface area contributed by atoms with Gasteiger partial charge in [0.15, 0.2) is 0 Å². The summed E-state index contributed by atoms with van der Waals surface area (Å²) in [6, 6.07) is 4.80. The highest BCUT2D eigenvalue weighted by molar-refractivity contribution is 7.89. The molecule has 0 atom stereocenters. The lowest BCUT2D eigenvalue weighted by atomic mass is 10.0. The van der Waals surface area contributed by atoms with Gasteiger partial charge < -0.3 is 5.73 Å². The van der Waals surface area contributed by atoms with E-state index in [9.17, 15) is 12.8 Å². The highest BCUT2D eigenvalue weighted by Gasteiger charge is 2.36. The highest BCUT2D eigenvalue weighted by atomic mass is 32.2. The van der Waals surface area contributed by atoms with Crippen LogP contribution in [0.3, 0.4) is 0 Å². The Hall–Kier alpha value is -1.49. The molecule has 0 bridgehead atoms. The van der Waals surface area contributed by atoms with Crippen molar-refractivity contribution in [2.75, 3.05) is 6.54 Å². The molecule has 1 aromatic carbocycles. The van der Waals surface area contributed by atoms with Crippen molar-refractivity contribution in [3.05, 3.63) is 29.6 Å². The smallest absolute Gasteiger partial charge is 0.241 e. The van der Waals surface area contributed by atoms with Crippen LogP contribution in [-0.4, -0.2) is 20.5 Å². The number of hydrogen-bond donors (Lipinski definition) is 2. The quantitative estimate of drug-likeness (QED) is 0.874. The Labute approximate surface area is 117 Å². The molecule has 0 radical (unpaired) electrons. The number of hydrogen-bond acceptors (Lipinski definition) is 4. The number of nitriles is 1. The van der Waals surface area contributed by atoms with Gasteiger partial charge in [-0.25, -0.2) is 17.5 Å². The van der Waals surface area contributed by atoms with Crippen LogP contribution in [-0.2, 0) is 10.0 Å². The van der Waals surface area contributed by atoms with Gasteiger partial charge in [0.1, 0.15) is 11.9 Å². The summed E-state index contributed by atoms with van der Waals surface area (Å²) >= 11 is 0. The van der Waals surface area contributed by atoms with Crippen LogP contribution in [0.15, 0.2) is 23.1 Å². The van der Waals surface area contributed by atoms with Gasteiger partial charge in [0.05, 0.1) is 10.5 Å². The average molecular weight is 297 g/mol. The molecule has 0 aliphatic heterocycles. The van der Waals surface area contributed by atoms with Gasteiger partial charge in [-0.2, -0.15) is 5.26 Å². The highest BCUT2D eigenvalue weighted by Crippen LogP contribution is 2.30. The summed E-state index contributed by atoms with van der Waals surface area (Å²) in [5.74, 6) is -0.735. The second-order valence-electron chi connectivity index (χ2n) is 5.05. The van der Waals surface area contributed by atoms with Gasteiger partial charge in [-0.1, -0.05) is 12.8 Å². The molecule has 0 aromatic heterocycles. The molecule has 1 aliphatic rings. The monoisotopic (exact) mass is 297 g/mol. The molecule has 7 heteroatoms. The van der Waals surface area contributed by atoms with E-state index in [-0.39, 0.29) is 17.0 Å². The summed E-state index contributed by atoms with van der Waals surface area (Å²) in [6.45, 7) is 0.221. The van der Waals surface area contributed by atoms with Crippen molar-refractivity contribution in [1.29, 1.82) is 5.26 Å². The van der Waals surface area contributed by atoms with Crippen LogP contribution in [0.25, 0.3) is 0 Å². The Kier molecular flexibility index (Phi) is 4.09. The van der Waals surface area contributed by atoms with Crippen LogP contribution in [0.4, 0.5) is 4.39 Å². The van der Waals surface area contributed by atoms with Crippen LogP contribution < -0.4 is 10.5 Å². The molecule has 20 heavy (non-hydrogen) atoms. The van der Waals surface area contributed by atoms with Crippen molar-refractivity contribution in [3.8, 4) is 6.07 Å². The lowest BCUT2D eigenvalue weighted by molar-refractivity contribution is 0.399. The number of halogens is 1. The van der Waals surface area contributed by atoms with Gasteiger partial charge in [-0.15, -0.1) is 0 Å². The van der Waals surface area contributed by atoms with Crippen LogP contribution in [0.2, 0.25) is 0 Å². The zero-order chi connectivity index (χ0) is 14.8. The van der Waals surface area contributed by atoms with Crippen molar-refractivity contribution >= 4 is 10.0 Å². The Morgan fingerprint density at radius 2 is 2.05 bits per heavy atom. The summed E-state index contributed by atoms with van der Waals surface area (Å²) in [5, 5.41) is 8.76. The normalized spacial score (nSPS) is 17.9. The molecule has 0 heterocycles. The zero-order valence-electron chi connectivity index (χ0n) is 10.9. The average Bonchev–Trinajstić information content (AvgIpc) is 2.87. The summed E-state index contributed by atoms with van der Waals surface area (Å²) in [4.78, 5) is -0.116. The van der Waals surface area contributed by atoms with Crippen LogP contribution >= 0.6 is 0 Å². The first-order valence-electron chi connectivity index (χ1n) is 6.36. The minimum atomic E-state index is -3.81. The fourth-order valence-corrected chi connectivity index (χ4v) is 4.00. The minimum absolute atomic E-state index is 0.116. The number of sulfonamides is 1. The van der Waals surface area contributed by atoms with E-state index < -0.39 is 21.4 Å². The summed E-state index contributed by atoms with van der Waals surface area (Å²) in [7, 11) is -3.81. The molecule has 1 aliphatic carbocycles. The van der Waals surface area contributed by atoms with E-state index in [1.54, 1.807) is 6.07 Å². The Morgan fingerprint density at radius 1 is 1.40 bits per heavy atom. The maximum Gasteiger partial charge on any atom is 0.241 e. The number of benzene rings is 1. The molecule has 108 valence electrons. The van der Waals surface area contributed by atoms with E-state index in [4.69, 9.17) is 11.0 Å². The molecule has 5 nitrogen and oxygen atoms in total. The predicted molar refractivity (Wildman–Crippen MR) is 71.7 cm³/mol. The molecule has 0 unspecified atom stereocenters. The van der Waals surface area contributed by atoms with Crippen LogP contribution in [0, 0.1) is 17.1 Å². The summed E-state index contributed by atoms with van der Waals surface area (Å²) < 4.78 is 40.5. The molecule has 1 saturated carbocycles. The predicted octanol–water partition coefficient (Wildman–Crippen LogP) is 1.25. The summed E-state index contributed by atoms with van der Waals surface area (Å²) in [5.41, 5.74) is 4.78. The van der Waals surface area contributed by atoms with Crippen molar-refractivity contribution in [3.63, 3.8) is 0 Å². The zero-order valence-corrected chi connectivity index (χ0v) is 11.7. The van der Waals surface area contributed by atoms with E-state index in [0.717, 1.165) is 31.0 Å². The van der Waals surface area contributed by atoms with E-state index >= 15 is 0 Å². The number of nitrogens with one attached hydrogen (secondary N) is 1. The molecule has 3 N–H and O–H groups in total. The number of nitrogens with two attached hydrogens (primary N) is 1. The maximum absolute atomic E-state index is 13.2. The summed E-state index contributed by atoms with van der Waals surface area (Å²) in [6.07, 6.45) is 3.23. The first kappa shape index (κ1) is 14.9. The van der Waals surface area contributed by atoms with Gasteiger partial charge in [-0.3, -0.25) is 0 Å². The third-order valence-corrected chi connectivity index (χ3v) is 5.25. The third-order valence-electron chi connectivity index (χ3n) is 3.67. The van der Waals surface area contributed by atoms with Crippen molar-refractivity contribution in [2.45, 2.75) is 36.1 Å². The first-order chi connectivity index (χ1) is 9.42. The second kappa shape index (κ2) is 5.48. The fourth-order valence-electron chi connectivity index (χ4n) is 2.50. The van der Waals surface area contributed by atoms with Gasteiger partial charge in [-0.05, 0) is 31.0 Å². The fraction of sp³-hybridized carbons (Fsp3) is 0.462. The van der Waals surface area contributed by atoms with Gasteiger partial charge in [0, 0.05) is 12.1 Å². The number of nitrogens with zero attached hydrogens (tertiary/aromatic N) is 1. The largest absolute Gasteiger partial charge is 0.329 e. The van der Waals surface area contributed by atoms with Crippen molar-refractivity contribution in [2.24, 2.45) is 5.73 Å². The molecule has 1 fully saturated rings. The van der Waals surface area contributed by atoms with Crippen LogP contribution in [0.5, 0.6) is 0 Å². The molecule has 0 amide bonds. The second-order valence-corrected chi connectivity index (χ2v) is 6.73. The molecule has 1 aromatic rings. The van der Waals surface area contributed by atoms with E-state index in [0.29, 0.717) is 12.8 Å². The molecule has 0 saturated heterocycles. The van der Waals surface area contributed by atoms with Gasteiger partial charge in [0.25, 0.3) is 0 Å². The molecular formula is C13H16FN3O2S. The SMILES string of the molecule is N#Cc1cc(S(=O)(=O)NC2(CN)CCCC2)ccc1F. The Bertz CT molecular complexity index is 646. The number of rotatable bonds is 4. The Morgan fingerprint density at radius 3 is 2.60 bits per heavy atom. The topological polar surface area (TPSA) is 96.0 Å². The minimum Gasteiger partial charge on any atom is -0.329 e.